The van der Waals surface area contributed by atoms with E-state index in [0.29, 0.717) is 5.41 Å². The molecule has 0 amide bonds. The quantitative estimate of drug-likeness (QED) is 0.713. The van der Waals surface area contributed by atoms with E-state index in [4.69, 9.17) is 16.6 Å². The molecule has 0 saturated heterocycles. The fourth-order valence-electron chi connectivity index (χ4n) is 4.02. The van der Waals surface area contributed by atoms with Crippen molar-refractivity contribution >= 4 is 22.9 Å². The van der Waals surface area contributed by atoms with Crippen LogP contribution in [0.5, 0.6) is 0 Å². The molecular formula is C16H24ClNS. The average molecular weight is 298 g/mol. The van der Waals surface area contributed by atoms with E-state index in [-0.39, 0.29) is 5.41 Å². The minimum atomic E-state index is 0.164. The topological polar surface area (TPSA) is 12.9 Å². The SMILES string of the molecule is CC(C)(C)c1csc(CC2(CCl)CC3CCC2C3)n1. The maximum absolute atomic E-state index is 6.38. The second-order valence-electron chi connectivity index (χ2n) is 7.63. The molecule has 0 aromatic carbocycles. The number of hydrogen-bond acceptors (Lipinski definition) is 2. The molecule has 106 valence electrons. The number of fused-ring (bicyclic) bond motifs is 2. The minimum Gasteiger partial charge on any atom is -0.246 e. The van der Waals surface area contributed by atoms with Gasteiger partial charge in [-0.1, -0.05) is 27.2 Å². The molecule has 19 heavy (non-hydrogen) atoms. The first kappa shape index (κ1) is 13.9. The zero-order valence-corrected chi connectivity index (χ0v) is 13.8. The summed E-state index contributed by atoms with van der Waals surface area (Å²) < 4.78 is 0. The summed E-state index contributed by atoms with van der Waals surface area (Å²) in [5.74, 6) is 2.63. The summed E-state index contributed by atoms with van der Waals surface area (Å²) in [4.78, 5) is 4.88. The van der Waals surface area contributed by atoms with Crippen LogP contribution in [-0.2, 0) is 11.8 Å². The van der Waals surface area contributed by atoms with E-state index in [1.54, 1.807) is 0 Å². The van der Waals surface area contributed by atoms with Gasteiger partial charge in [-0.05, 0) is 36.5 Å². The van der Waals surface area contributed by atoms with Crippen molar-refractivity contribution in [2.24, 2.45) is 17.3 Å². The van der Waals surface area contributed by atoms with Crippen LogP contribution in [0, 0.1) is 17.3 Å². The Labute approximate surface area is 125 Å². The summed E-state index contributed by atoms with van der Waals surface area (Å²) in [5.41, 5.74) is 1.76. The number of thiazole rings is 1. The van der Waals surface area contributed by atoms with Crippen LogP contribution in [-0.4, -0.2) is 10.9 Å². The van der Waals surface area contributed by atoms with Gasteiger partial charge in [-0.15, -0.1) is 22.9 Å². The van der Waals surface area contributed by atoms with Crippen molar-refractivity contribution in [2.75, 3.05) is 5.88 Å². The highest BCUT2D eigenvalue weighted by molar-refractivity contribution is 7.09. The van der Waals surface area contributed by atoms with E-state index in [9.17, 15) is 0 Å². The van der Waals surface area contributed by atoms with E-state index in [2.05, 4.69) is 26.2 Å². The van der Waals surface area contributed by atoms with Crippen LogP contribution in [0.2, 0.25) is 0 Å². The van der Waals surface area contributed by atoms with Gasteiger partial charge in [-0.3, -0.25) is 0 Å². The number of alkyl halides is 1. The van der Waals surface area contributed by atoms with Crippen LogP contribution < -0.4 is 0 Å². The van der Waals surface area contributed by atoms with Gasteiger partial charge in [-0.2, -0.15) is 0 Å². The lowest BCUT2D eigenvalue weighted by Gasteiger charge is -2.35. The Balaban J connectivity index is 1.79. The summed E-state index contributed by atoms with van der Waals surface area (Å²) in [5, 5.41) is 3.54. The Morgan fingerprint density at radius 1 is 1.42 bits per heavy atom. The van der Waals surface area contributed by atoms with Gasteiger partial charge in [-0.25, -0.2) is 4.98 Å². The van der Waals surface area contributed by atoms with E-state index in [1.165, 1.54) is 36.4 Å². The number of hydrogen-bond donors (Lipinski definition) is 0. The Kier molecular flexibility index (Phi) is 3.46. The van der Waals surface area contributed by atoms with Crippen LogP contribution in [0.4, 0.5) is 0 Å². The van der Waals surface area contributed by atoms with Gasteiger partial charge in [0.1, 0.15) is 0 Å². The van der Waals surface area contributed by atoms with Crippen LogP contribution in [0.25, 0.3) is 0 Å². The van der Waals surface area contributed by atoms with Gasteiger partial charge >= 0.3 is 0 Å². The molecule has 1 nitrogen and oxygen atoms in total. The second-order valence-corrected chi connectivity index (χ2v) is 8.84. The predicted molar refractivity (Wildman–Crippen MR) is 83.1 cm³/mol. The first-order valence-corrected chi connectivity index (χ1v) is 8.85. The third-order valence-corrected chi connectivity index (χ3v) is 6.57. The molecule has 3 unspecified atom stereocenters. The first-order valence-electron chi connectivity index (χ1n) is 7.44. The zero-order valence-electron chi connectivity index (χ0n) is 12.2. The maximum Gasteiger partial charge on any atom is 0.0934 e. The normalized spacial score (nSPS) is 34.1. The highest BCUT2D eigenvalue weighted by Gasteiger charge is 2.50. The smallest absolute Gasteiger partial charge is 0.0934 e. The summed E-state index contributed by atoms with van der Waals surface area (Å²) in [7, 11) is 0. The first-order chi connectivity index (χ1) is 8.93. The number of aromatic nitrogens is 1. The maximum atomic E-state index is 6.38. The van der Waals surface area contributed by atoms with Crippen molar-refractivity contribution in [1.82, 2.24) is 4.98 Å². The van der Waals surface area contributed by atoms with E-state index >= 15 is 0 Å². The van der Waals surface area contributed by atoms with Gasteiger partial charge in [0.2, 0.25) is 0 Å². The van der Waals surface area contributed by atoms with Crippen molar-refractivity contribution < 1.29 is 0 Å². The van der Waals surface area contributed by atoms with Crippen LogP contribution in [0.1, 0.15) is 57.2 Å². The number of nitrogens with zero attached hydrogens (tertiary/aromatic N) is 1. The molecule has 0 radical (unpaired) electrons. The Morgan fingerprint density at radius 3 is 2.68 bits per heavy atom. The molecule has 0 N–H and O–H groups in total. The van der Waals surface area contributed by atoms with Gasteiger partial charge in [0.15, 0.2) is 0 Å². The predicted octanol–water partition coefficient (Wildman–Crippen LogP) is 5.03. The Hall–Kier alpha value is -0.0800. The fourth-order valence-corrected chi connectivity index (χ4v) is 5.62. The van der Waals surface area contributed by atoms with Crippen molar-refractivity contribution in [3.8, 4) is 0 Å². The van der Waals surface area contributed by atoms with E-state index in [1.807, 2.05) is 11.3 Å². The van der Waals surface area contributed by atoms with Crippen LogP contribution >= 0.6 is 22.9 Å². The Morgan fingerprint density at radius 2 is 2.21 bits per heavy atom. The molecule has 3 heteroatoms. The molecule has 2 bridgehead atoms. The van der Waals surface area contributed by atoms with Gasteiger partial charge in [0.05, 0.1) is 10.7 Å². The molecule has 2 saturated carbocycles. The molecule has 3 rings (SSSR count). The molecule has 1 heterocycles. The molecule has 1 aromatic rings. The molecular weight excluding hydrogens is 274 g/mol. The van der Waals surface area contributed by atoms with Crippen LogP contribution in [0.15, 0.2) is 5.38 Å². The summed E-state index contributed by atoms with van der Waals surface area (Å²) in [6.45, 7) is 6.71. The third-order valence-electron chi connectivity index (χ3n) is 5.19. The molecule has 1 aromatic heterocycles. The third kappa shape index (κ3) is 2.47. The van der Waals surface area contributed by atoms with Crippen molar-refractivity contribution in [3.63, 3.8) is 0 Å². The highest BCUT2D eigenvalue weighted by Crippen LogP contribution is 2.57. The molecule has 2 aliphatic carbocycles. The van der Waals surface area contributed by atoms with Crippen molar-refractivity contribution in [3.05, 3.63) is 16.1 Å². The monoisotopic (exact) mass is 297 g/mol. The second kappa shape index (κ2) is 4.73. The highest BCUT2D eigenvalue weighted by atomic mass is 35.5. The molecule has 3 atom stereocenters. The lowest BCUT2D eigenvalue weighted by Crippen LogP contribution is -2.32. The average Bonchev–Trinajstić information content (AvgIpc) is 3.02. The van der Waals surface area contributed by atoms with Gasteiger partial charge in [0.25, 0.3) is 0 Å². The number of halogens is 1. The summed E-state index contributed by atoms with van der Waals surface area (Å²) >= 11 is 8.22. The largest absolute Gasteiger partial charge is 0.246 e. The molecule has 0 spiro atoms. The van der Waals surface area contributed by atoms with Gasteiger partial charge < -0.3 is 0 Å². The molecule has 2 fully saturated rings. The lowest BCUT2D eigenvalue weighted by atomic mass is 9.72. The molecule has 0 aliphatic heterocycles. The molecule has 2 aliphatic rings. The summed E-state index contributed by atoms with van der Waals surface area (Å²) in [6, 6.07) is 0. The lowest BCUT2D eigenvalue weighted by molar-refractivity contribution is 0.193. The number of rotatable bonds is 3. The van der Waals surface area contributed by atoms with Crippen molar-refractivity contribution in [2.45, 2.75) is 58.3 Å². The zero-order chi connectivity index (χ0) is 13.7. The van der Waals surface area contributed by atoms with Crippen molar-refractivity contribution in [1.29, 1.82) is 0 Å². The minimum absolute atomic E-state index is 0.164. The Bertz CT molecular complexity index is 462. The summed E-state index contributed by atoms with van der Waals surface area (Å²) in [6.07, 6.45) is 6.71. The van der Waals surface area contributed by atoms with E-state index < -0.39 is 0 Å². The fraction of sp³-hybridized carbons (Fsp3) is 0.812. The van der Waals surface area contributed by atoms with Crippen LogP contribution in [0.3, 0.4) is 0 Å². The van der Waals surface area contributed by atoms with Gasteiger partial charge in [0, 0.05) is 23.1 Å². The standard InChI is InChI=1S/C16H24ClNS/c1-15(2,3)13-9-19-14(18-13)8-16(10-17)7-11-4-5-12(16)6-11/h9,11-12H,4-8,10H2,1-3H3. The van der Waals surface area contributed by atoms with E-state index in [0.717, 1.165) is 24.1 Å².